The first-order valence-electron chi connectivity index (χ1n) is 10.9. The van der Waals surface area contributed by atoms with Crippen molar-refractivity contribution in [1.82, 2.24) is 10.2 Å². The molecule has 0 aliphatic rings. The highest BCUT2D eigenvalue weighted by Crippen LogP contribution is 2.16. The quantitative estimate of drug-likeness (QED) is 0.521. The van der Waals surface area contributed by atoms with Gasteiger partial charge in [0.2, 0.25) is 11.8 Å². The summed E-state index contributed by atoms with van der Waals surface area (Å²) < 4.78 is 0. The van der Waals surface area contributed by atoms with Crippen LogP contribution < -0.4 is 5.32 Å². The van der Waals surface area contributed by atoms with E-state index in [2.05, 4.69) is 5.32 Å². The minimum atomic E-state index is -0.578. The lowest BCUT2D eigenvalue weighted by atomic mass is 10.0. The molecule has 3 aromatic rings. The highest BCUT2D eigenvalue weighted by Gasteiger charge is 2.29. The van der Waals surface area contributed by atoms with E-state index in [1.165, 1.54) is 0 Å². The summed E-state index contributed by atoms with van der Waals surface area (Å²) in [4.78, 5) is 28.2. The molecule has 1 N–H and O–H groups in total. The maximum Gasteiger partial charge on any atom is 0.243 e. The van der Waals surface area contributed by atoms with Crippen LogP contribution in [0.4, 0.5) is 0 Å². The second kappa shape index (κ2) is 11.7. The predicted octanol–water partition coefficient (Wildman–Crippen LogP) is 4.74. The second-order valence-electron chi connectivity index (χ2n) is 7.67. The van der Waals surface area contributed by atoms with E-state index in [-0.39, 0.29) is 11.8 Å². The molecule has 0 saturated carbocycles. The summed E-state index contributed by atoms with van der Waals surface area (Å²) in [6.45, 7) is 2.84. The molecule has 0 radical (unpaired) electrons. The molecular weight excluding hydrogens is 384 g/mol. The molecule has 0 aromatic heterocycles. The summed E-state index contributed by atoms with van der Waals surface area (Å²) in [5, 5.41) is 3.05. The topological polar surface area (TPSA) is 49.4 Å². The van der Waals surface area contributed by atoms with Crippen LogP contribution in [0.2, 0.25) is 0 Å². The molecule has 2 amide bonds. The molecule has 160 valence electrons. The van der Waals surface area contributed by atoms with Gasteiger partial charge in [-0.2, -0.15) is 0 Å². The summed E-state index contributed by atoms with van der Waals surface area (Å²) in [5.74, 6) is -0.129. The Labute approximate surface area is 184 Å². The van der Waals surface area contributed by atoms with Crippen LogP contribution in [-0.2, 0) is 29.1 Å². The van der Waals surface area contributed by atoms with Gasteiger partial charge in [0, 0.05) is 25.9 Å². The number of nitrogens with one attached hydrogen (secondary N) is 1. The van der Waals surface area contributed by atoms with E-state index in [4.69, 9.17) is 0 Å². The van der Waals surface area contributed by atoms with Gasteiger partial charge >= 0.3 is 0 Å². The summed E-state index contributed by atoms with van der Waals surface area (Å²) in [5.41, 5.74) is 3.08. The van der Waals surface area contributed by atoms with Crippen LogP contribution in [-0.4, -0.2) is 22.8 Å². The molecule has 0 fully saturated rings. The van der Waals surface area contributed by atoms with Crippen molar-refractivity contribution in [1.29, 1.82) is 0 Å². The number of benzene rings is 3. The Morgan fingerprint density at radius 1 is 0.774 bits per heavy atom. The van der Waals surface area contributed by atoms with Crippen LogP contribution in [0.25, 0.3) is 0 Å². The molecular formula is C27H30N2O2. The SMILES string of the molecule is CCCC(=O)N(Cc1ccccc1)[C@@H](Cc1ccccc1)C(=O)NCc1ccccc1. The summed E-state index contributed by atoms with van der Waals surface area (Å²) in [6.07, 6.45) is 1.64. The zero-order valence-electron chi connectivity index (χ0n) is 18.0. The number of hydrogen-bond donors (Lipinski definition) is 1. The Kier molecular flexibility index (Phi) is 8.41. The van der Waals surface area contributed by atoms with Crippen LogP contribution >= 0.6 is 0 Å². The molecule has 4 heteroatoms. The largest absolute Gasteiger partial charge is 0.350 e. The molecule has 31 heavy (non-hydrogen) atoms. The molecule has 1 atom stereocenters. The predicted molar refractivity (Wildman–Crippen MR) is 124 cm³/mol. The van der Waals surface area contributed by atoms with Gasteiger partial charge in [0.1, 0.15) is 6.04 Å². The first kappa shape index (κ1) is 22.3. The molecule has 4 nitrogen and oxygen atoms in total. The van der Waals surface area contributed by atoms with E-state index in [1.54, 1.807) is 4.90 Å². The molecule has 0 heterocycles. The van der Waals surface area contributed by atoms with E-state index >= 15 is 0 Å². The summed E-state index contributed by atoms with van der Waals surface area (Å²) in [6, 6.07) is 29.0. The molecule has 0 saturated heterocycles. The molecule has 0 aliphatic heterocycles. The van der Waals surface area contributed by atoms with Gasteiger partial charge in [0.15, 0.2) is 0 Å². The molecule has 0 unspecified atom stereocenters. The summed E-state index contributed by atoms with van der Waals surface area (Å²) in [7, 11) is 0. The lowest BCUT2D eigenvalue weighted by molar-refractivity contribution is -0.141. The third-order valence-corrected chi connectivity index (χ3v) is 5.24. The van der Waals surface area contributed by atoms with Crippen molar-refractivity contribution in [2.75, 3.05) is 0 Å². The van der Waals surface area contributed by atoms with E-state index < -0.39 is 6.04 Å². The van der Waals surface area contributed by atoms with Gasteiger partial charge in [0.25, 0.3) is 0 Å². The van der Waals surface area contributed by atoms with Gasteiger partial charge in [-0.3, -0.25) is 9.59 Å². The van der Waals surface area contributed by atoms with E-state index in [9.17, 15) is 9.59 Å². The van der Waals surface area contributed by atoms with Crippen molar-refractivity contribution in [2.45, 2.75) is 45.3 Å². The van der Waals surface area contributed by atoms with E-state index in [1.807, 2.05) is 97.9 Å². The molecule has 3 aromatic carbocycles. The maximum atomic E-state index is 13.4. The fraction of sp³-hybridized carbons (Fsp3) is 0.259. The standard InChI is InChI=1S/C27H30N2O2/c1-2-12-26(30)29(21-24-17-10-5-11-18-24)25(19-22-13-6-3-7-14-22)27(31)28-20-23-15-8-4-9-16-23/h3-11,13-18,25H,2,12,19-21H2,1H3,(H,28,31)/t25-/m0/s1. The monoisotopic (exact) mass is 414 g/mol. The lowest BCUT2D eigenvalue weighted by Gasteiger charge is -2.31. The zero-order chi connectivity index (χ0) is 21.9. The molecule has 3 rings (SSSR count). The minimum absolute atomic E-state index is 0.00199. The van der Waals surface area contributed by atoms with Gasteiger partial charge in [0.05, 0.1) is 0 Å². The number of carbonyl (C=O) groups is 2. The van der Waals surface area contributed by atoms with Crippen molar-refractivity contribution in [2.24, 2.45) is 0 Å². The van der Waals surface area contributed by atoms with Crippen LogP contribution in [0, 0.1) is 0 Å². The smallest absolute Gasteiger partial charge is 0.243 e. The first-order valence-corrected chi connectivity index (χ1v) is 10.9. The molecule has 0 bridgehead atoms. The fourth-order valence-electron chi connectivity index (χ4n) is 3.59. The molecule has 0 aliphatic carbocycles. The summed E-state index contributed by atoms with van der Waals surface area (Å²) >= 11 is 0. The van der Waals surface area contributed by atoms with Gasteiger partial charge in [-0.25, -0.2) is 0 Å². The first-order chi connectivity index (χ1) is 15.2. The number of amides is 2. The van der Waals surface area contributed by atoms with Crippen molar-refractivity contribution in [3.05, 3.63) is 108 Å². The van der Waals surface area contributed by atoms with Gasteiger partial charge < -0.3 is 10.2 Å². The lowest BCUT2D eigenvalue weighted by Crippen LogP contribution is -2.50. The van der Waals surface area contributed by atoms with Crippen LogP contribution in [0.3, 0.4) is 0 Å². The van der Waals surface area contributed by atoms with Crippen molar-refractivity contribution >= 4 is 11.8 Å². The maximum absolute atomic E-state index is 13.4. The minimum Gasteiger partial charge on any atom is -0.350 e. The highest BCUT2D eigenvalue weighted by molar-refractivity contribution is 5.88. The van der Waals surface area contributed by atoms with Crippen LogP contribution in [0.5, 0.6) is 0 Å². The number of carbonyl (C=O) groups excluding carboxylic acids is 2. The zero-order valence-corrected chi connectivity index (χ0v) is 18.0. The second-order valence-corrected chi connectivity index (χ2v) is 7.67. The van der Waals surface area contributed by atoms with Crippen LogP contribution in [0.1, 0.15) is 36.5 Å². The Bertz CT molecular complexity index is 943. The third kappa shape index (κ3) is 6.82. The van der Waals surface area contributed by atoms with Crippen molar-refractivity contribution < 1.29 is 9.59 Å². The van der Waals surface area contributed by atoms with Gasteiger partial charge in [-0.15, -0.1) is 0 Å². The van der Waals surface area contributed by atoms with E-state index in [0.29, 0.717) is 25.9 Å². The molecule has 0 spiro atoms. The number of hydrogen-bond acceptors (Lipinski definition) is 2. The Hall–Kier alpha value is -3.40. The Morgan fingerprint density at radius 2 is 1.29 bits per heavy atom. The van der Waals surface area contributed by atoms with Gasteiger partial charge in [-0.05, 0) is 23.1 Å². The normalized spacial score (nSPS) is 11.5. The number of nitrogens with zero attached hydrogens (tertiary/aromatic N) is 1. The van der Waals surface area contributed by atoms with Crippen molar-refractivity contribution in [3.63, 3.8) is 0 Å². The third-order valence-electron chi connectivity index (χ3n) is 5.24. The van der Waals surface area contributed by atoms with E-state index in [0.717, 1.165) is 23.1 Å². The van der Waals surface area contributed by atoms with Crippen molar-refractivity contribution in [3.8, 4) is 0 Å². The average Bonchev–Trinajstić information content (AvgIpc) is 2.82. The van der Waals surface area contributed by atoms with Crippen LogP contribution in [0.15, 0.2) is 91.0 Å². The Morgan fingerprint density at radius 3 is 1.84 bits per heavy atom. The Balaban J connectivity index is 1.86. The fourth-order valence-corrected chi connectivity index (χ4v) is 3.59. The van der Waals surface area contributed by atoms with Gasteiger partial charge in [-0.1, -0.05) is 97.9 Å². The number of rotatable bonds is 10. The highest BCUT2D eigenvalue weighted by atomic mass is 16.2. The average molecular weight is 415 g/mol.